The molecule has 0 aromatic rings. The molecule has 3 unspecified atom stereocenters. The molecule has 17 nitrogen and oxygen atoms in total. The molecule has 0 amide bonds. The molecule has 0 rings (SSSR count). The quantitative estimate of drug-likeness (QED) is 0.0222. The van der Waals surface area contributed by atoms with Crippen LogP contribution in [-0.2, 0) is 65.4 Å². The Labute approximate surface area is 626 Å². The maximum absolute atomic E-state index is 13.1. The van der Waals surface area contributed by atoms with Crippen LogP contribution in [0.4, 0.5) is 0 Å². The number of rotatable bonds is 81. The lowest BCUT2D eigenvalue weighted by Gasteiger charge is -2.21. The predicted molar refractivity (Wildman–Crippen MR) is 418 cm³/mol. The first kappa shape index (κ1) is 100. The first-order valence-corrected chi connectivity index (χ1v) is 45.9. The molecule has 19 heteroatoms. The highest BCUT2D eigenvalue weighted by Crippen LogP contribution is 2.45. The molecule has 0 aliphatic carbocycles. The minimum Gasteiger partial charge on any atom is -0.462 e. The number of hydrogen-bond acceptors (Lipinski definition) is 15. The minimum absolute atomic E-state index is 0.105. The number of aliphatic hydroxyl groups is 1. The Morgan fingerprint density at radius 2 is 0.500 bits per heavy atom. The van der Waals surface area contributed by atoms with Crippen molar-refractivity contribution in [3.05, 3.63) is 0 Å². The molecule has 0 aliphatic heterocycles. The lowest BCUT2D eigenvalue weighted by molar-refractivity contribution is -0.161. The molecule has 0 heterocycles. The Morgan fingerprint density at radius 1 is 0.284 bits per heavy atom. The molecular formula is C83H162O17P2. The fourth-order valence-electron chi connectivity index (χ4n) is 12.8. The van der Waals surface area contributed by atoms with E-state index in [1.54, 1.807) is 0 Å². The van der Waals surface area contributed by atoms with E-state index in [1.807, 2.05) is 0 Å². The molecule has 102 heavy (non-hydrogen) atoms. The van der Waals surface area contributed by atoms with Crippen LogP contribution < -0.4 is 0 Å². The van der Waals surface area contributed by atoms with Crippen LogP contribution in [0.2, 0.25) is 0 Å². The van der Waals surface area contributed by atoms with Gasteiger partial charge in [0.05, 0.1) is 26.4 Å². The van der Waals surface area contributed by atoms with Crippen LogP contribution in [-0.4, -0.2) is 96.7 Å². The summed E-state index contributed by atoms with van der Waals surface area (Å²) in [6.45, 7) is 12.0. The highest BCUT2D eigenvalue weighted by Gasteiger charge is 2.30. The van der Waals surface area contributed by atoms with E-state index in [2.05, 4.69) is 48.5 Å². The Balaban J connectivity index is 5.24. The summed E-state index contributed by atoms with van der Waals surface area (Å²) in [5.41, 5.74) is 0. The van der Waals surface area contributed by atoms with Gasteiger partial charge in [0.2, 0.25) is 0 Å². The first-order valence-electron chi connectivity index (χ1n) is 42.9. The Kier molecular flexibility index (Phi) is 71.8. The second kappa shape index (κ2) is 73.2. The van der Waals surface area contributed by atoms with Crippen molar-refractivity contribution in [2.45, 2.75) is 452 Å². The summed E-state index contributed by atoms with van der Waals surface area (Å²) in [7, 11) is -9.92. The average Bonchev–Trinajstić information content (AvgIpc) is 0.921. The molecule has 606 valence electrons. The third-order valence-electron chi connectivity index (χ3n) is 19.7. The van der Waals surface area contributed by atoms with E-state index in [-0.39, 0.29) is 25.7 Å². The molecule has 0 aliphatic rings. The molecule has 0 saturated heterocycles. The van der Waals surface area contributed by atoms with E-state index in [0.717, 1.165) is 108 Å². The number of aliphatic hydroxyl groups excluding tert-OH is 1. The number of unbranched alkanes of at least 4 members (excludes halogenated alkanes) is 48. The third kappa shape index (κ3) is 74.9. The standard InChI is InChI=1S/C83H162O17P2/c1-8-10-11-12-13-14-15-16-17-18-19-20-21-22-23-28-31-36-45-52-59-66-82(87)99-78(70-93-80(85)64-57-50-43-35-30-27-25-24-26-29-33-40-47-54-61-74(3)4)72-97-101(89,90)95-68-77(84)69-96-102(91,92)98-73-79(100-83(88)67-60-53-46-37-32-34-41-48-55-62-75(5)6)71-94-81(86)65-58-51-44-39-38-42-49-56-63-76(7)9-2/h74-79,84H,8-73H2,1-7H3,(H,89,90)(H,91,92)/t76?,77-,78-,79-/m1/s1. The molecule has 0 spiro atoms. The molecule has 0 radical (unpaired) electrons. The van der Waals surface area contributed by atoms with Gasteiger partial charge in [-0.2, -0.15) is 0 Å². The molecule has 0 fully saturated rings. The van der Waals surface area contributed by atoms with Gasteiger partial charge >= 0.3 is 39.5 Å². The predicted octanol–water partition coefficient (Wildman–Crippen LogP) is 24.9. The van der Waals surface area contributed by atoms with Gasteiger partial charge in [-0.3, -0.25) is 37.3 Å². The number of esters is 4. The Hall–Kier alpha value is -1.94. The summed E-state index contributed by atoms with van der Waals surface area (Å²) in [6.07, 6.45) is 62.5. The van der Waals surface area contributed by atoms with E-state index in [1.165, 1.54) is 244 Å². The normalized spacial score (nSPS) is 14.2. The number of phosphoric acid groups is 2. The molecule has 0 aromatic heterocycles. The van der Waals surface area contributed by atoms with E-state index in [4.69, 9.17) is 37.0 Å². The number of ether oxygens (including phenoxy) is 4. The molecule has 0 saturated carbocycles. The van der Waals surface area contributed by atoms with Gasteiger partial charge < -0.3 is 33.8 Å². The minimum atomic E-state index is -4.96. The van der Waals surface area contributed by atoms with Crippen molar-refractivity contribution >= 4 is 39.5 Å². The second-order valence-corrected chi connectivity index (χ2v) is 34.0. The van der Waals surface area contributed by atoms with Crippen LogP contribution in [0.3, 0.4) is 0 Å². The van der Waals surface area contributed by atoms with E-state index in [0.29, 0.717) is 25.7 Å². The zero-order chi connectivity index (χ0) is 75.1. The van der Waals surface area contributed by atoms with Crippen LogP contribution in [0.1, 0.15) is 434 Å². The highest BCUT2D eigenvalue weighted by molar-refractivity contribution is 7.47. The average molecular weight is 1490 g/mol. The van der Waals surface area contributed by atoms with Gasteiger partial charge in [0.25, 0.3) is 0 Å². The van der Waals surface area contributed by atoms with Crippen LogP contribution in [0.5, 0.6) is 0 Å². The maximum atomic E-state index is 13.1. The molecule has 0 bridgehead atoms. The van der Waals surface area contributed by atoms with Crippen molar-refractivity contribution in [3.63, 3.8) is 0 Å². The lowest BCUT2D eigenvalue weighted by Crippen LogP contribution is -2.30. The van der Waals surface area contributed by atoms with E-state index >= 15 is 0 Å². The monoisotopic (exact) mass is 1490 g/mol. The number of carbonyl (C=O) groups is 4. The van der Waals surface area contributed by atoms with E-state index in [9.17, 15) is 43.2 Å². The third-order valence-corrected chi connectivity index (χ3v) is 21.6. The summed E-state index contributed by atoms with van der Waals surface area (Å²) in [6, 6.07) is 0. The van der Waals surface area contributed by atoms with Crippen molar-refractivity contribution in [2.75, 3.05) is 39.6 Å². The van der Waals surface area contributed by atoms with Crippen molar-refractivity contribution < 1.29 is 80.2 Å². The molecule has 0 aromatic carbocycles. The zero-order valence-electron chi connectivity index (χ0n) is 67.1. The number of carbonyl (C=O) groups excluding carboxylic acids is 4. The lowest BCUT2D eigenvalue weighted by atomic mass is 9.99. The summed E-state index contributed by atoms with van der Waals surface area (Å²) < 4.78 is 68.8. The molecule has 6 atom stereocenters. The topological polar surface area (TPSA) is 237 Å². The number of phosphoric ester groups is 2. The first-order chi connectivity index (χ1) is 49.3. The second-order valence-electron chi connectivity index (χ2n) is 31.1. The number of hydrogen-bond donors (Lipinski definition) is 3. The van der Waals surface area contributed by atoms with Gasteiger partial charge in [0, 0.05) is 25.7 Å². The summed E-state index contributed by atoms with van der Waals surface area (Å²) in [5, 5.41) is 10.7. The van der Waals surface area contributed by atoms with Gasteiger partial charge in [-0.25, -0.2) is 9.13 Å². The van der Waals surface area contributed by atoms with Gasteiger partial charge in [-0.15, -0.1) is 0 Å². The van der Waals surface area contributed by atoms with Crippen molar-refractivity contribution in [2.24, 2.45) is 17.8 Å². The Morgan fingerprint density at radius 3 is 0.745 bits per heavy atom. The van der Waals surface area contributed by atoms with Gasteiger partial charge in [-0.1, -0.05) is 382 Å². The van der Waals surface area contributed by atoms with Crippen molar-refractivity contribution in [1.82, 2.24) is 0 Å². The smallest absolute Gasteiger partial charge is 0.462 e. The summed E-state index contributed by atoms with van der Waals surface area (Å²) in [5.74, 6) is 0.203. The van der Waals surface area contributed by atoms with Crippen LogP contribution in [0.15, 0.2) is 0 Å². The highest BCUT2D eigenvalue weighted by atomic mass is 31.2. The van der Waals surface area contributed by atoms with Crippen molar-refractivity contribution in [3.8, 4) is 0 Å². The van der Waals surface area contributed by atoms with Crippen LogP contribution in [0.25, 0.3) is 0 Å². The van der Waals surface area contributed by atoms with Gasteiger partial charge in [0.1, 0.15) is 19.3 Å². The zero-order valence-corrected chi connectivity index (χ0v) is 68.9. The molecule has 3 N–H and O–H groups in total. The van der Waals surface area contributed by atoms with Crippen LogP contribution >= 0.6 is 15.6 Å². The van der Waals surface area contributed by atoms with Crippen molar-refractivity contribution in [1.29, 1.82) is 0 Å². The van der Waals surface area contributed by atoms with Gasteiger partial charge in [0.15, 0.2) is 12.2 Å². The fraction of sp³-hybridized carbons (Fsp3) is 0.952. The van der Waals surface area contributed by atoms with E-state index < -0.39 is 97.5 Å². The summed E-state index contributed by atoms with van der Waals surface area (Å²) in [4.78, 5) is 73.1. The molecular weight excluding hydrogens is 1330 g/mol. The summed E-state index contributed by atoms with van der Waals surface area (Å²) >= 11 is 0. The SMILES string of the molecule is CCCCCCCCCCCCCCCCCCCCCCCC(=O)O[C@H](COC(=O)CCCCCCCCCCCCCCCCC(C)C)COP(=O)(O)OC[C@@H](O)COP(=O)(O)OC[C@@H](COC(=O)CCCCCCCCCCC(C)CC)OC(=O)CCCCCCCCCCCC(C)C. The van der Waals surface area contributed by atoms with Gasteiger partial charge in [-0.05, 0) is 43.4 Å². The maximum Gasteiger partial charge on any atom is 0.472 e. The fourth-order valence-corrected chi connectivity index (χ4v) is 14.4. The Bertz CT molecular complexity index is 1980. The van der Waals surface area contributed by atoms with Crippen LogP contribution in [0, 0.1) is 17.8 Å². The largest absolute Gasteiger partial charge is 0.472 e.